The van der Waals surface area contributed by atoms with E-state index < -0.39 is 11.9 Å². The van der Waals surface area contributed by atoms with Crippen molar-refractivity contribution in [2.45, 2.75) is 33.6 Å². The molecule has 1 amide bonds. The highest BCUT2D eigenvalue weighted by Gasteiger charge is 2.15. The van der Waals surface area contributed by atoms with Crippen molar-refractivity contribution in [1.82, 2.24) is 5.32 Å². The maximum absolute atomic E-state index is 11.6. The maximum atomic E-state index is 11.6. The minimum Gasteiger partial charge on any atom is -0.493 e. The molecule has 116 valence electrons. The Bertz CT molecular complexity index is 479. The van der Waals surface area contributed by atoms with Crippen LogP contribution in [0.4, 0.5) is 0 Å². The lowest BCUT2D eigenvalue weighted by Crippen LogP contribution is -2.33. The summed E-state index contributed by atoms with van der Waals surface area (Å²) < 4.78 is 5.54. The van der Waals surface area contributed by atoms with Crippen LogP contribution in [0.25, 0.3) is 0 Å². The first-order chi connectivity index (χ1) is 9.92. The standard InChI is InChI=1S/C16H23NO4/c1-4-13(16(19)20)10-17-15(18)5-6-21-14-8-11(2)7-12(3)9-14/h7-9,13H,4-6,10H2,1-3H3,(H,17,18)(H,19,20). The van der Waals surface area contributed by atoms with Crippen LogP contribution >= 0.6 is 0 Å². The molecule has 0 fully saturated rings. The first-order valence-electron chi connectivity index (χ1n) is 7.13. The summed E-state index contributed by atoms with van der Waals surface area (Å²) in [5, 5.41) is 11.5. The molecule has 0 saturated heterocycles. The number of carbonyl (C=O) groups excluding carboxylic acids is 1. The van der Waals surface area contributed by atoms with E-state index in [1.54, 1.807) is 6.92 Å². The van der Waals surface area contributed by atoms with Crippen LogP contribution in [0.15, 0.2) is 18.2 Å². The van der Waals surface area contributed by atoms with Crippen LogP contribution in [0, 0.1) is 19.8 Å². The molecular formula is C16H23NO4. The number of carboxylic acid groups (broad SMARTS) is 1. The van der Waals surface area contributed by atoms with Crippen molar-refractivity contribution in [2.24, 2.45) is 5.92 Å². The van der Waals surface area contributed by atoms with Crippen molar-refractivity contribution in [3.05, 3.63) is 29.3 Å². The molecule has 0 spiro atoms. The van der Waals surface area contributed by atoms with Crippen LogP contribution in [-0.4, -0.2) is 30.1 Å². The van der Waals surface area contributed by atoms with Crippen molar-refractivity contribution >= 4 is 11.9 Å². The van der Waals surface area contributed by atoms with Crippen LogP contribution in [-0.2, 0) is 9.59 Å². The van der Waals surface area contributed by atoms with Gasteiger partial charge in [-0.2, -0.15) is 0 Å². The number of ether oxygens (including phenoxy) is 1. The van der Waals surface area contributed by atoms with Crippen molar-refractivity contribution in [2.75, 3.05) is 13.2 Å². The van der Waals surface area contributed by atoms with Gasteiger partial charge in [-0.15, -0.1) is 0 Å². The SMILES string of the molecule is CCC(CNC(=O)CCOc1cc(C)cc(C)c1)C(=O)O. The van der Waals surface area contributed by atoms with Gasteiger partial charge in [0.2, 0.25) is 5.91 Å². The molecule has 1 rings (SSSR count). The zero-order chi connectivity index (χ0) is 15.8. The number of nitrogens with one attached hydrogen (secondary N) is 1. The Morgan fingerprint density at radius 1 is 1.24 bits per heavy atom. The number of aliphatic carboxylic acids is 1. The number of rotatable bonds is 8. The van der Waals surface area contributed by atoms with Gasteiger partial charge in [-0.25, -0.2) is 0 Å². The minimum atomic E-state index is -0.885. The molecule has 1 aromatic carbocycles. The van der Waals surface area contributed by atoms with Crippen molar-refractivity contribution in [3.63, 3.8) is 0 Å². The Labute approximate surface area is 125 Å². The smallest absolute Gasteiger partial charge is 0.308 e. The second kappa shape index (κ2) is 8.29. The quantitative estimate of drug-likeness (QED) is 0.771. The third kappa shape index (κ3) is 6.29. The Morgan fingerprint density at radius 2 is 1.86 bits per heavy atom. The molecule has 5 heteroatoms. The van der Waals surface area contributed by atoms with E-state index in [0.29, 0.717) is 6.42 Å². The van der Waals surface area contributed by atoms with E-state index in [9.17, 15) is 9.59 Å². The molecule has 1 unspecified atom stereocenters. The lowest BCUT2D eigenvalue weighted by Gasteiger charge is -2.12. The van der Waals surface area contributed by atoms with Gasteiger partial charge in [-0.3, -0.25) is 9.59 Å². The fraction of sp³-hybridized carbons (Fsp3) is 0.500. The lowest BCUT2D eigenvalue weighted by molar-refractivity contribution is -0.141. The van der Waals surface area contributed by atoms with Gasteiger partial charge in [0, 0.05) is 6.54 Å². The molecule has 0 radical (unpaired) electrons. The van der Waals surface area contributed by atoms with Crippen molar-refractivity contribution in [3.8, 4) is 5.75 Å². The molecule has 0 aliphatic heterocycles. The fourth-order valence-electron chi connectivity index (χ4n) is 2.01. The Hall–Kier alpha value is -2.04. The topological polar surface area (TPSA) is 75.6 Å². The Kier molecular flexibility index (Phi) is 6.72. The summed E-state index contributed by atoms with van der Waals surface area (Å²) in [6.07, 6.45) is 0.706. The summed E-state index contributed by atoms with van der Waals surface area (Å²) >= 11 is 0. The molecule has 0 aliphatic rings. The number of aryl methyl sites for hydroxylation is 2. The average molecular weight is 293 g/mol. The van der Waals surface area contributed by atoms with E-state index in [-0.39, 0.29) is 25.5 Å². The maximum Gasteiger partial charge on any atom is 0.308 e. The number of benzene rings is 1. The van der Waals surface area contributed by atoms with Gasteiger partial charge in [0.1, 0.15) is 5.75 Å². The average Bonchev–Trinajstić information content (AvgIpc) is 2.37. The summed E-state index contributed by atoms with van der Waals surface area (Å²) in [5.41, 5.74) is 2.23. The summed E-state index contributed by atoms with van der Waals surface area (Å²) in [4.78, 5) is 22.5. The van der Waals surface area contributed by atoms with Gasteiger partial charge in [0.15, 0.2) is 0 Å². The highest BCUT2D eigenvalue weighted by molar-refractivity contribution is 5.77. The molecule has 0 saturated carbocycles. The second-order valence-electron chi connectivity index (χ2n) is 5.17. The first-order valence-corrected chi connectivity index (χ1v) is 7.13. The fourth-order valence-corrected chi connectivity index (χ4v) is 2.01. The predicted molar refractivity (Wildman–Crippen MR) is 80.5 cm³/mol. The van der Waals surface area contributed by atoms with Gasteiger partial charge in [-0.1, -0.05) is 13.0 Å². The van der Waals surface area contributed by atoms with Gasteiger partial charge in [-0.05, 0) is 43.5 Å². The Morgan fingerprint density at radius 3 is 2.38 bits per heavy atom. The van der Waals surface area contributed by atoms with Crippen LogP contribution in [0.1, 0.15) is 30.9 Å². The van der Waals surface area contributed by atoms with Crippen molar-refractivity contribution in [1.29, 1.82) is 0 Å². The normalized spacial score (nSPS) is 11.8. The largest absolute Gasteiger partial charge is 0.493 e. The van der Waals surface area contributed by atoms with Crippen LogP contribution < -0.4 is 10.1 Å². The van der Waals surface area contributed by atoms with E-state index in [1.807, 2.05) is 26.0 Å². The van der Waals surface area contributed by atoms with Crippen LogP contribution in [0.3, 0.4) is 0 Å². The molecular weight excluding hydrogens is 270 g/mol. The van der Waals surface area contributed by atoms with Gasteiger partial charge in [0.05, 0.1) is 18.9 Å². The van der Waals surface area contributed by atoms with Crippen LogP contribution in [0.5, 0.6) is 5.75 Å². The first kappa shape index (κ1) is 17.0. The van der Waals surface area contributed by atoms with Crippen LogP contribution in [0.2, 0.25) is 0 Å². The number of carbonyl (C=O) groups is 2. The third-order valence-electron chi connectivity index (χ3n) is 3.18. The summed E-state index contributed by atoms with van der Waals surface area (Å²) in [6.45, 7) is 6.20. The molecule has 1 aromatic rings. The summed E-state index contributed by atoms with van der Waals surface area (Å²) in [6, 6.07) is 5.89. The molecule has 0 aliphatic carbocycles. The second-order valence-corrected chi connectivity index (χ2v) is 5.17. The molecule has 5 nitrogen and oxygen atoms in total. The van der Waals surface area contributed by atoms with E-state index in [2.05, 4.69) is 11.4 Å². The molecule has 2 N–H and O–H groups in total. The van der Waals surface area contributed by atoms with E-state index in [1.165, 1.54) is 0 Å². The highest BCUT2D eigenvalue weighted by Crippen LogP contribution is 2.16. The molecule has 0 heterocycles. The third-order valence-corrected chi connectivity index (χ3v) is 3.18. The number of amides is 1. The number of carboxylic acids is 1. The number of hydrogen-bond donors (Lipinski definition) is 2. The van der Waals surface area contributed by atoms with Gasteiger partial charge < -0.3 is 15.2 Å². The molecule has 0 bridgehead atoms. The Balaban J connectivity index is 2.32. The van der Waals surface area contributed by atoms with E-state index in [4.69, 9.17) is 9.84 Å². The lowest BCUT2D eigenvalue weighted by atomic mass is 10.1. The molecule has 1 atom stereocenters. The van der Waals surface area contributed by atoms with Gasteiger partial charge in [0.25, 0.3) is 0 Å². The highest BCUT2D eigenvalue weighted by atomic mass is 16.5. The summed E-state index contributed by atoms with van der Waals surface area (Å²) in [7, 11) is 0. The van der Waals surface area contributed by atoms with Crippen molar-refractivity contribution < 1.29 is 19.4 Å². The minimum absolute atomic E-state index is 0.161. The number of hydrogen-bond acceptors (Lipinski definition) is 3. The molecule has 21 heavy (non-hydrogen) atoms. The van der Waals surface area contributed by atoms with Gasteiger partial charge >= 0.3 is 5.97 Å². The monoisotopic (exact) mass is 293 g/mol. The predicted octanol–water partition coefficient (Wildman–Crippen LogP) is 2.30. The van der Waals surface area contributed by atoms with E-state index >= 15 is 0 Å². The molecule has 0 aromatic heterocycles. The van der Waals surface area contributed by atoms with E-state index in [0.717, 1.165) is 16.9 Å². The summed E-state index contributed by atoms with van der Waals surface area (Å²) in [5.74, 6) is -0.866. The zero-order valence-corrected chi connectivity index (χ0v) is 12.8. The zero-order valence-electron chi connectivity index (χ0n) is 12.8.